The average molecular weight is 334 g/mol. The third-order valence-electron chi connectivity index (χ3n) is 2.74. The van der Waals surface area contributed by atoms with E-state index in [1.807, 2.05) is 0 Å². The normalized spacial score (nSPS) is 9.86. The summed E-state index contributed by atoms with van der Waals surface area (Å²) in [6, 6.07) is 12.9. The summed E-state index contributed by atoms with van der Waals surface area (Å²) in [6.07, 6.45) is 0. The topological polar surface area (TPSA) is 84.2 Å². The lowest BCUT2D eigenvalue weighted by atomic mass is 10.2. The van der Waals surface area contributed by atoms with Crippen LogP contribution in [0, 0.1) is 0 Å². The fraction of sp³-hybridized carbons (Fsp3) is 0. The van der Waals surface area contributed by atoms with Crippen molar-refractivity contribution in [1.82, 2.24) is 5.32 Å². The van der Waals surface area contributed by atoms with E-state index >= 15 is 0 Å². The first-order valence-electron chi connectivity index (χ1n) is 6.23. The zero-order chi connectivity index (χ0) is 16.1. The monoisotopic (exact) mass is 333 g/mol. The molecule has 5 nitrogen and oxygen atoms in total. The Bertz CT molecular complexity index is 732. The van der Waals surface area contributed by atoms with Crippen molar-refractivity contribution in [3.63, 3.8) is 0 Å². The van der Waals surface area contributed by atoms with Crippen molar-refractivity contribution in [1.29, 1.82) is 0 Å². The summed E-state index contributed by atoms with van der Waals surface area (Å²) in [5.74, 6) is -0.903. The van der Waals surface area contributed by atoms with E-state index in [0.29, 0.717) is 21.8 Å². The van der Waals surface area contributed by atoms with Crippen LogP contribution in [0.5, 0.6) is 0 Å². The van der Waals surface area contributed by atoms with Crippen molar-refractivity contribution in [3.8, 4) is 0 Å². The van der Waals surface area contributed by atoms with E-state index in [-0.39, 0.29) is 11.0 Å². The summed E-state index contributed by atoms with van der Waals surface area (Å²) in [4.78, 5) is 23.1. The summed E-state index contributed by atoms with van der Waals surface area (Å²) >= 11 is 10.8. The summed E-state index contributed by atoms with van der Waals surface area (Å²) in [7, 11) is 0. The van der Waals surface area contributed by atoms with E-state index in [9.17, 15) is 9.59 Å². The number of benzene rings is 2. The number of carbonyl (C=O) groups excluding carboxylic acids is 2. The van der Waals surface area contributed by atoms with Crippen LogP contribution >= 0.6 is 23.8 Å². The Kier molecular flexibility index (Phi) is 5.08. The van der Waals surface area contributed by atoms with Crippen LogP contribution in [0.1, 0.15) is 20.7 Å². The molecule has 0 bridgehead atoms. The van der Waals surface area contributed by atoms with E-state index < -0.39 is 5.91 Å². The van der Waals surface area contributed by atoms with Crippen molar-refractivity contribution in [2.24, 2.45) is 5.73 Å². The van der Waals surface area contributed by atoms with Crippen LogP contribution in [0.25, 0.3) is 0 Å². The Labute approximate surface area is 137 Å². The van der Waals surface area contributed by atoms with Crippen LogP contribution in [-0.2, 0) is 0 Å². The Morgan fingerprint density at radius 2 is 1.73 bits per heavy atom. The Balaban J connectivity index is 2.01. The zero-order valence-corrected chi connectivity index (χ0v) is 12.9. The fourth-order valence-corrected chi connectivity index (χ4v) is 2.03. The highest BCUT2D eigenvalue weighted by molar-refractivity contribution is 7.80. The molecule has 0 radical (unpaired) electrons. The highest BCUT2D eigenvalue weighted by atomic mass is 35.5. The number of carbonyl (C=O) groups is 2. The molecule has 0 aliphatic carbocycles. The molecule has 2 aromatic carbocycles. The van der Waals surface area contributed by atoms with Crippen molar-refractivity contribution < 1.29 is 9.59 Å². The first kappa shape index (κ1) is 15.9. The van der Waals surface area contributed by atoms with Gasteiger partial charge in [0.25, 0.3) is 5.91 Å². The number of thiocarbonyl (C=S) groups is 1. The molecular weight excluding hydrogens is 322 g/mol. The number of anilines is 1. The van der Waals surface area contributed by atoms with Gasteiger partial charge in [0.05, 0.1) is 0 Å². The lowest BCUT2D eigenvalue weighted by Crippen LogP contribution is -2.34. The van der Waals surface area contributed by atoms with Gasteiger partial charge in [-0.25, -0.2) is 0 Å². The van der Waals surface area contributed by atoms with Gasteiger partial charge in [0.15, 0.2) is 5.11 Å². The Hall–Kier alpha value is -2.44. The van der Waals surface area contributed by atoms with Crippen LogP contribution in [0.3, 0.4) is 0 Å². The van der Waals surface area contributed by atoms with Gasteiger partial charge < -0.3 is 11.1 Å². The van der Waals surface area contributed by atoms with Gasteiger partial charge >= 0.3 is 0 Å². The lowest BCUT2D eigenvalue weighted by molar-refractivity contribution is 0.0975. The molecule has 2 amide bonds. The fourth-order valence-electron chi connectivity index (χ4n) is 1.69. The summed E-state index contributed by atoms with van der Waals surface area (Å²) in [6.45, 7) is 0. The molecule has 7 heteroatoms. The molecule has 0 unspecified atom stereocenters. The van der Waals surface area contributed by atoms with Gasteiger partial charge in [-0.1, -0.05) is 17.7 Å². The molecule has 0 spiro atoms. The maximum absolute atomic E-state index is 12.0. The summed E-state index contributed by atoms with van der Waals surface area (Å²) in [5.41, 5.74) is 6.53. The molecule has 0 heterocycles. The molecule has 2 aromatic rings. The molecule has 0 aliphatic rings. The van der Waals surface area contributed by atoms with E-state index in [4.69, 9.17) is 29.6 Å². The van der Waals surface area contributed by atoms with Gasteiger partial charge in [0.1, 0.15) is 0 Å². The zero-order valence-electron chi connectivity index (χ0n) is 11.3. The Morgan fingerprint density at radius 1 is 1.05 bits per heavy atom. The standard InChI is InChI=1S/C15H12ClN3O2S/c16-11-6-4-9(5-7-11)14(21)19-15(22)18-12-3-1-2-10(8-12)13(17)20/h1-8H,(H2,17,20)(H2,18,19,21,22). The molecule has 0 saturated heterocycles. The van der Waals surface area contributed by atoms with E-state index in [1.165, 1.54) is 0 Å². The van der Waals surface area contributed by atoms with Crippen molar-refractivity contribution >= 4 is 46.4 Å². The Morgan fingerprint density at radius 3 is 2.36 bits per heavy atom. The molecule has 0 atom stereocenters. The number of primary amides is 1. The number of nitrogens with two attached hydrogens (primary N) is 1. The van der Waals surface area contributed by atoms with E-state index in [2.05, 4.69) is 10.6 Å². The highest BCUT2D eigenvalue weighted by Crippen LogP contribution is 2.11. The van der Waals surface area contributed by atoms with Crippen LogP contribution in [0.4, 0.5) is 5.69 Å². The van der Waals surface area contributed by atoms with E-state index in [1.54, 1.807) is 48.5 Å². The van der Waals surface area contributed by atoms with Crippen molar-refractivity contribution in [3.05, 3.63) is 64.7 Å². The molecule has 4 N–H and O–H groups in total. The van der Waals surface area contributed by atoms with Crippen LogP contribution in [0.15, 0.2) is 48.5 Å². The second kappa shape index (κ2) is 7.02. The molecule has 22 heavy (non-hydrogen) atoms. The highest BCUT2D eigenvalue weighted by Gasteiger charge is 2.08. The first-order valence-corrected chi connectivity index (χ1v) is 7.02. The van der Waals surface area contributed by atoms with Gasteiger partial charge in [-0.3, -0.25) is 14.9 Å². The average Bonchev–Trinajstić information content (AvgIpc) is 2.47. The molecule has 0 aliphatic heterocycles. The molecule has 2 rings (SSSR count). The van der Waals surface area contributed by atoms with Gasteiger partial charge in [-0.15, -0.1) is 0 Å². The predicted octanol–water partition coefficient (Wildman–Crippen LogP) is 2.57. The minimum atomic E-state index is -0.542. The predicted molar refractivity (Wildman–Crippen MR) is 90.1 cm³/mol. The third-order valence-corrected chi connectivity index (χ3v) is 3.19. The van der Waals surface area contributed by atoms with Crippen LogP contribution in [-0.4, -0.2) is 16.9 Å². The maximum atomic E-state index is 12.0. The minimum Gasteiger partial charge on any atom is -0.366 e. The number of amides is 2. The minimum absolute atomic E-state index is 0.113. The van der Waals surface area contributed by atoms with Crippen molar-refractivity contribution in [2.45, 2.75) is 0 Å². The molecule has 112 valence electrons. The number of hydrogen-bond acceptors (Lipinski definition) is 3. The summed E-state index contributed by atoms with van der Waals surface area (Å²) < 4.78 is 0. The second-order valence-electron chi connectivity index (χ2n) is 4.36. The van der Waals surface area contributed by atoms with Gasteiger partial charge in [0.2, 0.25) is 5.91 Å². The molecular formula is C15H12ClN3O2S. The number of rotatable bonds is 3. The van der Waals surface area contributed by atoms with E-state index in [0.717, 1.165) is 0 Å². The van der Waals surface area contributed by atoms with Crippen LogP contribution < -0.4 is 16.4 Å². The first-order chi connectivity index (χ1) is 10.5. The number of halogens is 1. The molecule has 0 aromatic heterocycles. The lowest BCUT2D eigenvalue weighted by Gasteiger charge is -2.10. The number of hydrogen-bond donors (Lipinski definition) is 3. The van der Waals surface area contributed by atoms with Gasteiger partial charge in [-0.05, 0) is 54.7 Å². The quantitative estimate of drug-likeness (QED) is 0.754. The van der Waals surface area contributed by atoms with Gasteiger partial charge in [-0.2, -0.15) is 0 Å². The second-order valence-corrected chi connectivity index (χ2v) is 5.20. The molecule has 0 saturated carbocycles. The summed E-state index contributed by atoms with van der Waals surface area (Å²) in [5, 5.41) is 6.00. The van der Waals surface area contributed by atoms with Crippen molar-refractivity contribution in [2.75, 3.05) is 5.32 Å². The largest absolute Gasteiger partial charge is 0.366 e. The van der Waals surface area contributed by atoms with Gasteiger partial charge in [0, 0.05) is 21.8 Å². The molecule has 0 fully saturated rings. The number of nitrogens with one attached hydrogen (secondary N) is 2. The van der Waals surface area contributed by atoms with Crippen LogP contribution in [0.2, 0.25) is 5.02 Å². The smallest absolute Gasteiger partial charge is 0.257 e. The SMILES string of the molecule is NC(=O)c1cccc(NC(=S)NC(=O)c2ccc(Cl)cc2)c1. The maximum Gasteiger partial charge on any atom is 0.257 e. The third kappa shape index (κ3) is 4.28.